The molecule has 0 spiro atoms. The number of anilines is 1. The number of hydrogen-bond acceptors (Lipinski definition) is 7. The number of methoxy groups -OCH3 is 1. The van der Waals surface area contributed by atoms with Gasteiger partial charge in [-0.1, -0.05) is 41.3 Å². The Kier molecular flexibility index (Phi) is 6.10. The van der Waals surface area contributed by atoms with Crippen LogP contribution in [-0.4, -0.2) is 38.5 Å². The molecule has 4 aromatic rings. The molecule has 2 aromatic heterocycles. The second kappa shape index (κ2) is 9.10. The molecule has 30 heavy (non-hydrogen) atoms. The van der Waals surface area contributed by atoms with E-state index in [9.17, 15) is 4.79 Å². The van der Waals surface area contributed by atoms with Gasteiger partial charge >= 0.3 is 0 Å². The molecule has 4 rings (SSSR count). The van der Waals surface area contributed by atoms with E-state index in [4.69, 9.17) is 4.74 Å². The van der Waals surface area contributed by atoms with Crippen LogP contribution in [0.5, 0.6) is 5.75 Å². The van der Waals surface area contributed by atoms with Crippen molar-refractivity contribution in [3.8, 4) is 22.7 Å². The van der Waals surface area contributed by atoms with Gasteiger partial charge < -0.3 is 4.74 Å². The molecule has 2 heterocycles. The molecule has 0 fully saturated rings. The summed E-state index contributed by atoms with van der Waals surface area (Å²) in [4.78, 5) is 16.9. The number of aryl methyl sites for hydroxylation is 1. The van der Waals surface area contributed by atoms with E-state index in [1.807, 2.05) is 67.7 Å². The highest BCUT2D eigenvalue weighted by Gasteiger charge is 2.16. The van der Waals surface area contributed by atoms with Gasteiger partial charge in [-0.2, -0.15) is 0 Å². The SMILES string of the molecule is COc1ccc(-c2cnc(SCC(=O)Nc3nnc(C)s3)n2-c2ccccc2)cc1. The molecule has 0 aliphatic rings. The van der Waals surface area contributed by atoms with Gasteiger partial charge in [-0.05, 0) is 43.3 Å². The average molecular weight is 438 g/mol. The summed E-state index contributed by atoms with van der Waals surface area (Å²) in [5, 5.41) is 12.7. The number of imidazole rings is 1. The summed E-state index contributed by atoms with van der Waals surface area (Å²) in [6.07, 6.45) is 1.82. The fraction of sp³-hybridized carbons (Fsp3) is 0.143. The van der Waals surface area contributed by atoms with Crippen LogP contribution in [0.2, 0.25) is 0 Å². The second-order valence-electron chi connectivity index (χ2n) is 6.29. The molecule has 0 unspecified atom stereocenters. The lowest BCUT2D eigenvalue weighted by molar-refractivity contribution is -0.113. The summed E-state index contributed by atoms with van der Waals surface area (Å²) in [6.45, 7) is 1.85. The molecule has 0 atom stereocenters. The van der Waals surface area contributed by atoms with Gasteiger partial charge in [0.05, 0.1) is 24.8 Å². The maximum absolute atomic E-state index is 12.3. The van der Waals surface area contributed by atoms with Crippen LogP contribution in [0, 0.1) is 6.92 Å². The normalized spacial score (nSPS) is 10.7. The Morgan fingerprint density at radius 1 is 1.13 bits per heavy atom. The van der Waals surface area contributed by atoms with Gasteiger partial charge in [0.15, 0.2) is 5.16 Å². The highest BCUT2D eigenvalue weighted by molar-refractivity contribution is 7.99. The van der Waals surface area contributed by atoms with Gasteiger partial charge in [-0.3, -0.25) is 14.7 Å². The maximum Gasteiger partial charge on any atom is 0.236 e. The number of para-hydroxylation sites is 1. The first kappa shape index (κ1) is 20.1. The quantitative estimate of drug-likeness (QED) is 0.431. The standard InChI is InChI=1S/C21H19N5O2S2/c1-14-24-25-20(30-14)23-19(27)13-29-21-22-12-18(15-8-10-17(28-2)11-9-15)26(21)16-6-4-3-5-7-16/h3-12H,13H2,1-2H3,(H,23,25,27). The van der Waals surface area contributed by atoms with E-state index in [0.29, 0.717) is 5.13 Å². The van der Waals surface area contributed by atoms with Crippen LogP contribution in [0.1, 0.15) is 5.01 Å². The summed E-state index contributed by atoms with van der Waals surface area (Å²) in [7, 11) is 1.64. The lowest BCUT2D eigenvalue weighted by atomic mass is 10.1. The first-order valence-electron chi connectivity index (χ1n) is 9.14. The molecule has 0 radical (unpaired) electrons. The van der Waals surface area contributed by atoms with Crippen LogP contribution < -0.4 is 10.1 Å². The van der Waals surface area contributed by atoms with Crippen LogP contribution in [0.15, 0.2) is 66.0 Å². The Hall–Kier alpha value is -3.17. The molecule has 1 amide bonds. The highest BCUT2D eigenvalue weighted by Crippen LogP contribution is 2.31. The third-order valence-electron chi connectivity index (χ3n) is 4.23. The van der Waals surface area contributed by atoms with Gasteiger partial charge in [0.1, 0.15) is 10.8 Å². The summed E-state index contributed by atoms with van der Waals surface area (Å²) >= 11 is 2.72. The summed E-state index contributed by atoms with van der Waals surface area (Å²) in [6, 6.07) is 17.8. The number of nitrogens with one attached hydrogen (secondary N) is 1. The van der Waals surface area contributed by atoms with Crippen LogP contribution >= 0.6 is 23.1 Å². The van der Waals surface area contributed by atoms with Crippen molar-refractivity contribution in [2.24, 2.45) is 0 Å². The topological polar surface area (TPSA) is 81.9 Å². The molecular formula is C21H19N5O2S2. The van der Waals surface area contributed by atoms with Crippen molar-refractivity contribution in [3.05, 3.63) is 65.8 Å². The number of carbonyl (C=O) groups excluding carboxylic acids is 1. The second-order valence-corrected chi connectivity index (χ2v) is 8.41. The van der Waals surface area contributed by atoms with Crippen molar-refractivity contribution in [2.45, 2.75) is 12.1 Å². The summed E-state index contributed by atoms with van der Waals surface area (Å²) in [5.74, 6) is 0.859. The Morgan fingerprint density at radius 2 is 1.90 bits per heavy atom. The lowest BCUT2D eigenvalue weighted by Crippen LogP contribution is -2.14. The molecule has 152 valence electrons. The third kappa shape index (κ3) is 4.52. The minimum atomic E-state index is -0.148. The molecule has 2 aromatic carbocycles. The summed E-state index contributed by atoms with van der Waals surface area (Å²) in [5.41, 5.74) is 2.92. The molecule has 0 saturated heterocycles. The number of aromatic nitrogens is 4. The largest absolute Gasteiger partial charge is 0.497 e. The number of amides is 1. The Bertz CT molecular complexity index is 1140. The number of benzene rings is 2. The van der Waals surface area contributed by atoms with Crippen molar-refractivity contribution in [3.63, 3.8) is 0 Å². The van der Waals surface area contributed by atoms with Gasteiger partial charge in [-0.15, -0.1) is 10.2 Å². The Labute approximate surface area is 182 Å². The third-order valence-corrected chi connectivity index (χ3v) is 5.94. The minimum absolute atomic E-state index is 0.148. The van der Waals surface area contributed by atoms with Crippen LogP contribution in [0.3, 0.4) is 0 Å². The molecular weight excluding hydrogens is 418 g/mol. The maximum atomic E-state index is 12.3. The van der Waals surface area contributed by atoms with Crippen LogP contribution in [-0.2, 0) is 4.79 Å². The summed E-state index contributed by atoms with van der Waals surface area (Å²) < 4.78 is 7.31. The molecule has 0 aliphatic heterocycles. The monoisotopic (exact) mass is 437 g/mol. The van der Waals surface area contributed by atoms with E-state index in [2.05, 4.69) is 25.1 Å². The van der Waals surface area contributed by atoms with Crippen molar-refractivity contribution >= 4 is 34.1 Å². The van der Waals surface area contributed by atoms with Gasteiger partial charge in [-0.25, -0.2) is 4.98 Å². The fourth-order valence-electron chi connectivity index (χ4n) is 2.86. The predicted molar refractivity (Wildman–Crippen MR) is 120 cm³/mol. The molecule has 0 saturated carbocycles. The van der Waals surface area contributed by atoms with E-state index in [-0.39, 0.29) is 11.7 Å². The van der Waals surface area contributed by atoms with Crippen molar-refractivity contribution in [1.29, 1.82) is 0 Å². The zero-order chi connectivity index (χ0) is 20.9. The first-order chi connectivity index (χ1) is 14.6. The van der Waals surface area contributed by atoms with Crippen molar-refractivity contribution in [1.82, 2.24) is 19.7 Å². The zero-order valence-electron chi connectivity index (χ0n) is 16.4. The number of hydrogen-bond donors (Lipinski definition) is 1. The smallest absolute Gasteiger partial charge is 0.236 e. The molecule has 9 heteroatoms. The molecule has 0 aliphatic carbocycles. The number of nitrogens with zero attached hydrogens (tertiary/aromatic N) is 4. The van der Waals surface area contributed by atoms with E-state index in [0.717, 1.165) is 32.9 Å². The first-order valence-corrected chi connectivity index (χ1v) is 10.9. The van der Waals surface area contributed by atoms with E-state index in [1.54, 1.807) is 7.11 Å². The average Bonchev–Trinajstić information content (AvgIpc) is 3.39. The van der Waals surface area contributed by atoms with E-state index >= 15 is 0 Å². The minimum Gasteiger partial charge on any atom is -0.497 e. The van der Waals surface area contributed by atoms with Gasteiger partial charge in [0, 0.05) is 11.3 Å². The number of carbonyl (C=O) groups is 1. The zero-order valence-corrected chi connectivity index (χ0v) is 18.0. The van der Waals surface area contributed by atoms with Crippen molar-refractivity contribution < 1.29 is 9.53 Å². The highest BCUT2D eigenvalue weighted by atomic mass is 32.2. The lowest BCUT2D eigenvalue weighted by Gasteiger charge is -2.12. The number of rotatable bonds is 7. The van der Waals surface area contributed by atoms with Gasteiger partial charge in [0.2, 0.25) is 11.0 Å². The Balaban J connectivity index is 1.59. The fourth-order valence-corrected chi connectivity index (χ4v) is 4.26. The van der Waals surface area contributed by atoms with Crippen molar-refractivity contribution in [2.75, 3.05) is 18.2 Å². The van der Waals surface area contributed by atoms with Crippen LogP contribution in [0.4, 0.5) is 5.13 Å². The van der Waals surface area contributed by atoms with E-state index < -0.39 is 0 Å². The number of ether oxygens (including phenoxy) is 1. The number of thioether (sulfide) groups is 1. The van der Waals surface area contributed by atoms with Gasteiger partial charge in [0.25, 0.3) is 0 Å². The molecule has 0 bridgehead atoms. The molecule has 7 nitrogen and oxygen atoms in total. The predicted octanol–water partition coefficient (Wildman–Crippen LogP) is 4.44. The Morgan fingerprint density at radius 3 is 2.57 bits per heavy atom. The van der Waals surface area contributed by atoms with E-state index in [1.165, 1.54) is 23.1 Å². The molecule has 1 N–H and O–H groups in total. The van der Waals surface area contributed by atoms with Crippen LogP contribution in [0.25, 0.3) is 16.9 Å².